The van der Waals surface area contributed by atoms with Crippen molar-refractivity contribution in [3.05, 3.63) is 55.5 Å². The van der Waals surface area contributed by atoms with Crippen LogP contribution in [0.15, 0.2) is 39.6 Å². The number of halogens is 3. The van der Waals surface area contributed by atoms with Gasteiger partial charge in [0.25, 0.3) is 12.0 Å². The molecule has 0 fully saturated rings. The van der Waals surface area contributed by atoms with Gasteiger partial charge in [0.05, 0.1) is 11.1 Å². The average molecular weight is 412 g/mol. The molecule has 0 aliphatic rings. The molecule has 0 unspecified atom stereocenters. The van der Waals surface area contributed by atoms with E-state index in [1.165, 1.54) is 6.07 Å². The van der Waals surface area contributed by atoms with Gasteiger partial charge in [0.1, 0.15) is 5.65 Å². The number of pyridine rings is 1. The summed E-state index contributed by atoms with van der Waals surface area (Å²) in [5, 5.41) is -0.124. The summed E-state index contributed by atoms with van der Waals surface area (Å²) in [6.07, 6.45) is -2.80. The molecule has 0 aliphatic carbocycles. The number of aryl methyl sites for hydroxylation is 1. The number of H-pyrrole nitrogens is 1. The van der Waals surface area contributed by atoms with Gasteiger partial charge in [-0.2, -0.15) is 0 Å². The summed E-state index contributed by atoms with van der Waals surface area (Å²) in [5.41, 5.74) is 0.214. The molecule has 3 rings (SSSR count). The van der Waals surface area contributed by atoms with Crippen LogP contribution in [0.3, 0.4) is 0 Å². The standard InChI is InChI=1S/C16H12BrF2N3OS/c1-2-22-14-12(15(23)21-16(22)24)10(13(18)19)7-11(20-14)8-3-5-9(17)6-4-8/h3-7,13H,2H2,1H3,(H,21,23,24). The lowest BCUT2D eigenvalue weighted by molar-refractivity contribution is 0.153. The summed E-state index contributed by atoms with van der Waals surface area (Å²) in [4.78, 5) is 19.0. The smallest absolute Gasteiger partial charge is 0.264 e. The third-order valence-electron chi connectivity index (χ3n) is 3.67. The van der Waals surface area contributed by atoms with Crippen LogP contribution in [-0.4, -0.2) is 14.5 Å². The van der Waals surface area contributed by atoms with Gasteiger partial charge < -0.3 is 4.57 Å². The Morgan fingerprint density at radius 1 is 1.33 bits per heavy atom. The lowest BCUT2D eigenvalue weighted by Gasteiger charge is -2.13. The van der Waals surface area contributed by atoms with Crippen LogP contribution in [-0.2, 0) is 6.54 Å². The van der Waals surface area contributed by atoms with Crippen molar-refractivity contribution in [2.75, 3.05) is 0 Å². The van der Waals surface area contributed by atoms with E-state index in [1.807, 2.05) is 6.92 Å². The van der Waals surface area contributed by atoms with Gasteiger partial charge in [-0.05, 0) is 37.3 Å². The fraction of sp³-hybridized carbons (Fsp3) is 0.188. The van der Waals surface area contributed by atoms with Gasteiger partial charge in [-0.15, -0.1) is 0 Å². The highest BCUT2D eigenvalue weighted by atomic mass is 79.9. The molecular formula is C16H12BrF2N3OS. The van der Waals surface area contributed by atoms with Gasteiger partial charge in [0, 0.05) is 22.1 Å². The molecule has 1 aromatic carbocycles. The van der Waals surface area contributed by atoms with Crippen molar-refractivity contribution >= 4 is 39.2 Å². The topological polar surface area (TPSA) is 50.7 Å². The minimum absolute atomic E-state index is 0.124. The second-order valence-corrected chi connectivity index (χ2v) is 6.41. The summed E-state index contributed by atoms with van der Waals surface area (Å²) < 4.78 is 29.7. The first-order valence-corrected chi connectivity index (χ1v) is 8.34. The van der Waals surface area contributed by atoms with Crippen molar-refractivity contribution in [1.29, 1.82) is 0 Å². The number of fused-ring (bicyclic) bond motifs is 1. The van der Waals surface area contributed by atoms with E-state index in [-0.39, 0.29) is 21.4 Å². The van der Waals surface area contributed by atoms with E-state index in [2.05, 4.69) is 25.9 Å². The SMILES string of the molecule is CCn1c(=S)[nH]c(=O)c2c(C(F)F)cc(-c3ccc(Br)cc3)nc21. The zero-order valence-corrected chi connectivity index (χ0v) is 14.9. The number of rotatable bonds is 3. The number of nitrogens with zero attached hydrogens (tertiary/aromatic N) is 2. The summed E-state index contributed by atoms with van der Waals surface area (Å²) in [7, 11) is 0. The monoisotopic (exact) mass is 411 g/mol. The average Bonchev–Trinajstić information content (AvgIpc) is 2.54. The second-order valence-electron chi connectivity index (χ2n) is 5.11. The highest BCUT2D eigenvalue weighted by Gasteiger charge is 2.19. The molecule has 0 amide bonds. The number of benzene rings is 1. The third-order valence-corrected chi connectivity index (χ3v) is 4.52. The largest absolute Gasteiger partial charge is 0.303 e. The van der Waals surface area contributed by atoms with Crippen LogP contribution < -0.4 is 5.56 Å². The van der Waals surface area contributed by atoms with Gasteiger partial charge in [-0.3, -0.25) is 9.78 Å². The van der Waals surface area contributed by atoms with Crippen molar-refractivity contribution in [3.63, 3.8) is 0 Å². The fourth-order valence-corrected chi connectivity index (χ4v) is 3.11. The molecule has 0 radical (unpaired) electrons. The number of aromatic amines is 1. The van der Waals surface area contributed by atoms with E-state index in [4.69, 9.17) is 12.2 Å². The van der Waals surface area contributed by atoms with Gasteiger partial charge in [-0.1, -0.05) is 28.1 Å². The van der Waals surface area contributed by atoms with Crippen molar-refractivity contribution in [1.82, 2.24) is 14.5 Å². The first kappa shape index (κ1) is 16.9. The number of hydrogen-bond donors (Lipinski definition) is 1. The van der Waals surface area contributed by atoms with Crippen LogP contribution in [0.25, 0.3) is 22.3 Å². The lowest BCUT2D eigenvalue weighted by Crippen LogP contribution is -2.17. The van der Waals surface area contributed by atoms with Crippen LogP contribution >= 0.6 is 28.1 Å². The first-order chi connectivity index (χ1) is 11.4. The van der Waals surface area contributed by atoms with Crippen LogP contribution in [0.4, 0.5) is 8.78 Å². The number of aromatic nitrogens is 3. The van der Waals surface area contributed by atoms with Gasteiger partial charge >= 0.3 is 0 Å². The van der Waals surface area contributed by atoms with Gasteiger partial charge in [0.15, 0.2) is 4.77 Å². The molecule has 2 heterocycles. The molecule has 1 N–H and O–H groups in total. The van der Waals surface area contributed by atoms with E-state index in [1.54, 1.807) is 28.8 Å². The van der Waals surface area contributed by atoms with Crippen LogP contribution in [0, 0.1) is 4.77 Å². The van der Waals surface area contributed by atoms with Gasteiger partial charge in [0.2, 0.25) is 0 Å². The Morgan fingerprint density at radius 3 is 2.58 bits per heavy atom. The maximum atomic E-state index is 13.5. The Kier molecular flexibility index (Phi) is 4.60. The molecule has 0 saturated heterocycles. The van der Waals surface area contributed by atoms with Crippen LogP contribution in [0.2, 0.25) is 0 Å². The molecule has 0 saturated carbocycles. The van der Waals surface area contributed by atoms with E-state index < -0.39 is 12.0 Å². The highest BCUT2D eigenvalue weighted by Crippen LogP contribution is 2.30. The molecule has 0 spiro atoms. The quantitative estimate of drug-likeness (QED) is 0.627. The summed E-state index contributed by atoms with van der Waals surface area (Å²) >= 11 is 8.46. The number of hydrogen-bond acceptors (Lipinski definition) is 3. The molecule has 124 valence electrons. The molecule has 2 aromatic heterocycles. The predicted octanol–water partition coefficient (Wildman–Crippen LogP) is 4.84. The molecule has 0 aliphatic heterocycles. The molecule has 0 atom stereocenters. The third kappa shape index (κ3) is 2.91. The van der Waals surface area contributed by atoms with E-state index >= 15 is 0 Å². The molecule has 3 aromatic rings. The van der Waals surface area contributed by atoms with Crippen molar-refractivity contribution in [2.24, 2.45) is 0 Å². The zero-order chi connectivity index (χ0) is 17.4. The minimum atomic E-state index is -2.80. The first-order valence-electron chi connectivity index (χ1n) is 7.14. The fourth-order valence-electron chi connectivity index (χ4n) is 2.54. The molecule has 24 heavy (non-hydrogen) atoms. The van der Waals surface area contributed by atoms with E-state index in [0.717, 1.165) is 4.47 Å². The summed E-state index contributed by atoms with van der Waals surface area (Å²) in [6.45, 7) is 2.22. The Bertz CT molecular complexity index is 1030. The lowest BCUT2D eigenvalue weighted by atomic mass is 10.1. The summed E-state index contributed by atoms with van der Waals surface area (Å²) in [5.74, 6) is 0. The van der Waals surface area contributed by atoms with Crippen molar-refractivity contribution < 1.29 is 8.78 Å². The molecule has 0 bridgehead atoms. The maximum Gasteiger partial charge on any atom is 0.264 e. The molecular weight excluding hydrogens is 400 g/mol. The Balaban J connectivity index is 2.44. The predicted molar refractivity (Wildman–Crippen MR) is 95.0 cm³/mol. The highest BCUT2D eigenvalue weighted by molar-refractivity contribution is 9.10. The maximum absolute atomic E-state index is 13.5. The molecule has 8 heteroatoms. The Morgan fingerprint density at radius 2 is 2.00 bits per heavy atom. The number of alkyl halides is 2. The minimum Gasteiger partial charge on any atom is -0.303 e. The van der Waals surface area contributed by atoms with E-state index in [0.29, 0.717) is 17.8 Å². The van der Waals surface area contributed by atoms with Crippen molar-refractivity contribution in [2.45, 2.75) is 19.9 Å². The Hall–Kier alpha value is -1.93. The van der Waals surface area contributed by atoms with Crippen LogP contribution in [0.1, 0.15) is 18.9 Å². The Labute approximate surface area is 149 Å². The summed E-state index contributed by atoms with van der Waals surface area (Å²) in [6, 6.07) is 8.40. The van der Waals surface area contributed by atoms with Gasteiger partial charge in [-0.25, -0.2) is 13.8 Å². The molecule has 4 nitrogen and oxygen atoms in total. The van der Waals surface area contributed by atoms with Crippen molar-refractivity contribution in [3.8, 4) is 11.3 Å². The van der Waals surface area contributed by atoms with Crippen LogP contribution in [0.5, 0.6) is 0 Å². The second kappa shape index (κ2) is 6.52. The zero-order valence-electron chi connectivity index (χ0n) is 12.5. The number of nitrogens with one attached hydrogen (secondary N) is 1. The van der Waals surface area contributed by atoms with E-state index in [9.17, 15) is 13.6 Å². The normalized spacial score (nSPS) is 11.4.